The molecular formula is C21H26BrN5O2. The number of nitrogens with zero attached hydrogens (tertiary/aromatic N) is 4. The van der Waals surface area contributed by atoms with Gasteiger partial charge in [-0.25, -0.2) is 9.67 Å². The summed E-state index contributed by atoms with van der Waals surface area (Å²) in [6.45, 7) is 8.28. The van der Waals surface area contributed by atoms with Crippen molar-refractivity contribution >= 4 is 21.8 Å². The summed E-state index contributed by atoms with van der Waals surface area (Å²) in [5.41, 5.74) is 3.46. The molecule has 2 aromatic rings. The molecule has 2 aromatic heterocycles. The van der Waals surface area contributed by atoms with Crippen molar-refractivity contribution in [3.8, 4) is 5.69 Å². The highest BCUT2D eigenvalue weighted by atomic mass is 79.9. The number of aromatic nitrogens is 3. The van der Waals surface area contributed by atoms with Crippen LogP contribution in [0.4, 0.5) is 0 Å². The number of carbonyl (C=O) groups is 1. The van der Waals surface area contributed by atoms with Crippen molar-refractivity contribution in [2.75, 3.05) is 32.8 Å². The maximum Gasteiger partial charge on any atom is 0.272 e. The molecule has 0 aromatic carbocycles. The van der Waals surface area contributed by atoms with E-state index in [2.05, 4.69) is 45.0 Å². The second kappa shape index (κ2) is 7.18. The molecule has 7 nitrogen and oxygen atoms in total. The van der Waals surface area contributed by atoms with Crippen LogP contribution in [0.3, 0.4) is 0 Å². The average Bonchev–Trinajstić information content (AvgIpc) is 3.18. The van der Waals surface area contributed by atoms with E-state index >= 15 is 0 Å². The molecule has 3 heterocycles. The molecule has 8 heteroatoms. The Balaban J connectivity index is 1.39. The number of rotatable bonds is 5. The lowest BCUT2D eigenvalue weighted by Gasteiger charge is -2.35. The molecule has 0 unspecified atom stereocenters. The van der Waals surface area contributed by atoms with Gasteiger partial charge in [-0.05, 0) is 60.7 Å². The van der Waals surface area contributed by atoms with Crippen LogP contribution in [0.2, 0.25) is 0 Å². The van der Waals surface area contributed by atoms with Gasteiger partial charge < -0.3 is 10.1 Å². The second-order valence-corrected chi connectivity index (χ2v) is 9.81. The van der Waals surface area contributed by atoms with Gasteiger partial charge in [0.1, 0.15) is 4.60 Å². The Morgan fingerprint density at radius 2 is 2.14 bits per heavy atom. The Morgan fingerprint density at radius 3 is 2.86 bits per heavy atom. The maximum absolute atomic E-state index is 13.2. The molecule has 1 saturated heterocycles. The minimum Gasteiger partial charge on any atom is -0.379 e. The predicted molar refractivity (Wildman–Crippen MR) is 112 cm³/mol. The third-order valence-corrected chi connectivity index (χ3v) is 6.58. The number of fused-ring (bicyclic) bond motifs is 3. The van der Waals surface area contributed by atoms with Gasteiger partial charge in [0, 0.05) is 36.7 Å². The first-order chi connectivity index (χ1) is 13.9. The normalized spacial score (nSPS) is 23.6. The molecule has 154 valence electrons. The van der Waals surface area contributed by atoms with E-state index in [4.69, 9.17) is 9.84 Å². The molecule has 1 amide bonds. The van der Waals surface area contributed by atoms with Crippen molar-refractivity contribution in [1.82, 2.24) is 25.0 Å². The lowest BCUT2D eigenvalue weighted by Crippen LogP contribution is -2.53. The molecule has 2 aliphatic carbocycles. The zero-order valence-corrected chi connectivity index (χ0v) is 18.4. The Hall–Kier alpha value is -1.77. The van der Waals surface area contributed by atoms with Crippen molar-refractivity contribution in [1.29, 1.82) is 0 Å². The maximum atomic E-state index is 13.2. The highest BCUT2D eigenvalue weighted by Gasteiger charge is 2.50. The fraction of sp³-hybridized carbons (Fsp3) is 0.571. The number of pyridine rings is 1. The molecule has 1 aliphatic heterocycles. The summed E-state index contributed by atoms with van der Waals surface area (Å²) in [5.74, 6) is 1.12. The minimum atomic E-state index is -0.341. The first-order valence-electron chi connectivity index (χ1n) is 10.3. The van der Waals surface area contributed by atoms with E-state index < -0.39 is 0 Å². The van der Waals surface area contributed by atoms with Crippen LogP contribution in [0.1, 0.15) is 47.9 Å². The van der Waals surface area contributed by atoms with Gasteiger partial charge in [0.05, 0.1) is 30.8 Å². The monoisotopic (exact) mass is 459 g/mol. The molecule has 0 bridgehead atoms. The van der Waals surface area contributed by atoms with Gasteiger partial charge in [-0.2, -0.15) is 5.10 Å². The van der Waals surface area contributed by atoms with E-state index in [1.54, 1.807) is 6.20 Å². The topological polar surface area (TPSA) is 72.3 Å². The summed E-state index contributed by atoms with van der Waals surface area (Å²) in [7, 11) is 0. The van der Waals surface area contributed by atoms with E-state index in [-0.39, 0.29) is 11.4 Å². The molecule has 1 saturated carbocycles. The smallest absolute Gasteiger partial charge is 0.272 e. The van der Waals surface area contributed by atoms with Crippen LogP contribution in [0.15, 0.2) is 22.9 Å². The standard InChI is InChI=1S/C21H26BrN5O2/c1-21(2,12-26-5-7-29-8-6-26)24-20(28)18-16-10-13-9-15(13)19(16)27(25-18)14-3-4-17(22)23-11-14/h3-4,11,13,15H,5-10,12H2,1-2H3,(H,24,28)/t13-,15-/m1/s1. The van der Waals surface area contributed by atoms with Gasteiger partial charge in [-0.1, -0.05) is 0 Å². The van der Waals surface area contributed by atoms with Crippen LogP contribution in [0.25, 0.3) is 5.69 Å². The molecule has 0 spiro atoms. The molecule has 3 aliphatic rings. The zero-order valence-electron chi connectivity index (χ0n) is 16.8. The number of nitrogens with one attached hydrogen (secondary N) is 1. The van der Waals surface area contributed by atoms with Gasteiger partial charge in [0.25, 0.3) is 5.91 Å². The van der Waals surface area contributed by atoms with E-state index in [9.17, 15) is 4.79 Å². The van der Waals surface area contributed by atoms with E-state index in [1.165, 1.54) is 12.1 Å². The number of hydrogen-bond acceptors (Lipinski definition) is 5. The molecular weight excluding hydrogens is 434 g/mol. The molecule has 29 heavy (non-hydrogen) atoms. The number of morpholine rings is 1. The molecule has 2 atom stereocenters. The van der Waals surface area contributed by atoms with Crippen molar-refractivity contribution in [2.45, 2.75) is 38.1 Å². The van der Waals surface area contributed by atoms with Crippen molar-refractivity contribution < 1.29 is 9.53 Å². The van der Waals surface area contributed by atoms with Gasteiger partial charge in [-0.15, -0.1) is 0 Å². The second-order valence-electron chi connectivity index (χ2n) is 9.00. The van der Waals surface area contributed by atoms with Gasteiger partial charge in [0.2, 0.25) is 0 Å². The first-order valence-corrected chi connectivity index (χ1v) is 11.1. The Morgan fingerprint density at radius 1 is 1.34 bits per heavy atom. The molecule has 1 N–H and O–H groups in total. The Bertz CT molecular complexity index is 933. The van der Waals surface area contributed by atoms with E-state index in [0.29, 0.717) is 17.5 Å². The fourth-order valence-corrected chi connectivity index (χ4v) is 4.95. The lowest BCUT2D eigenvalue weighted by molar-refractivity contribution is 0.0268. The predicted octanol–water partition coefficient (Wildman–Crippen LogP) is 2.53. The Labute approximate surface area is 178 Å². The van der Waals surface area contributed by atoms with Crippen LogP contribution in [0, 0.1) is 5.92 Å². The van der Waals surface area contributed by atoms with Crippen molar-refractivity contribution in [3.63, 3.8) is 0 Å². The summed E-state index contributed by atoms with van der Waals surface area (Å²) >= 11 is 3.39. The van der Waals surface area contributed by atoms with Crippen LogP contribution in [0.5, 0.6) is 0 Å². The fourth-order valence-electron chi connectivity index (χ4n) is 4.71. The summed E-state index contributed by atoms with van der Waals surface area (Å²) in [6.07, 6.45) is 3.96. The van der Waals surface area contributed by atoms with Crippen LogP contribution < -0.4 is 5.32 Å². The summed E-state index contributed by atoms with van der Waals surface area (Å²) < 4.78 is 8.16. The average molecular weight is 460 g/mol. The van der Waals surface area contributed by atoms with E-state index in [0.717, 1.165) is 55.1 Å². The summed E-state index contributed by atoms with van der Waals surface area (Å²) in [5, 5.41) is 7.99. The molecule has 0 radical (unpaired) electrons. The highest BCUT2D eigenvalue weighted by molar-refractivity contribution is 9.10. The van der Waals surface area contributed by atoms with Crippen molar-refractivity contribution in [2.24, 2.45) is 5.92 Å². The van der Waals surface area contributed by atoms with Gasteiger partial charge in [-0.3, -0.25) is 9.69 Å². The summed E-state index contributed by atoms with van der Waals surface area (Å²) in [6, 6.07) is 3.90. The van der Waals surface area contributed by atoms with Crippen LogP contribution >= 0.6 is 15.9 Å². The third kappa shape index (κ3) is 3.73. The number of carbonyl (C=O) groups excluding carboxylic acids is 1. The van der Waals surface area contributed by atoms with Gasteiger partial charge in [0.15, 0.2) is 5.69 Å². The zero-order chi connectivity index (χ0) is 20.2. The molecule has 2 fully saturated rings. The minimum absolute atomic E-state index is 0.0790. The number of hydrogen-bond donors (Lipinski definition) is 1. The van der Waals surface area contributed by atoms with E-state index in [1.807, 2.05) is 16.8 Å². The number of amides is 1. The Kier molecular flexibility index (Phi) is 4.75. The quantitative estimate of drug-likeness (QED) is 0.695. The lowest BCUT2D eigenvalue weighted by atomic mass is 10.0. The number of ether oxygens (including phenoxy) is 1. The SMILES string of the molecule is CC(C)(CN1CCOCC1)NC(=O)c1nn(-c2ccc(Br)nc2)c2c1C[C@H]1C[C@@H]21. The first kappa shape index (κ1) is 19.2. The van der Waals surface area contributed by atoms with Gasteiger partial charge >= 0.3 is 0 Å². The summed E-state index contributed by atoms with van der Waals surface area (Å²) in [4.78, 5) is 19.9. The third-order valence-electron chi connectivity index (χ3n) is 6.11. The number of halogens is 1. The highest BCUT2D eigenvalue weighted by Crippen LogP contribution is 2.57. The largest absolute Gasteiger partial charge is 0.379 e. The van der Waals surface area contributed by atoms with Crippen LogP contribution in [-0.2, 0) is 11.2 Å². The van der Waals surface area contributed by atoms with Crippen molar-refractivity contribution in [3.05, 3.63) is 39.9 Å². The molecule has 5 rings (SSSR count). The van der Waals surface area contributed by atoms with Crippen LogP contribution in [-0.4, -0.2) is 64.0 Å².